The van der Waals surface area contributed by atoms with Crippen LogP contribution in [0.25, 0.3) is 17.3 Å². The first-order valence-electron chi connectivity index (χ1n) is 10.2. The quantitative estimate of drug-likeness (QED) is 0.411. The first kappa shape index (κ1) is 21.7. The van der Waals surface area contributed by atoms with Gasteiger partial charge in [0.2, 0.25) is 5.91 Å². The number of rotatable bonds is 8. The number of carbonyl (C=O) groups is 1. The van der Waals surface area contributed by atoms with Gasteiger partial charge in [0.25, 0.3) is 5.56 Å². The third-order valence-electron chi connectivity index (χ3n) is 5.06. The second-order valence-electron chi connectivity index (χ2n) is 7.21. The molecular formula is C22H24N6O3S. The monoisotopic (exact) mass is 452 g/mol. The fraction of sp³-hybridized carbons (Fsp3) is 0.273. The van der Waals surface area contributed by atoms with Gasteiger partial charge in [0, 0.05) is 13.6 Å². The van der Waals surface area contributed by atoms with Crippen LogP contribution < -0.4 is 10.9 Å². The lowest BCUT2D eigenvalue weighted by molar-refractivity contribution is -0.113. The van der Waals surface area contributed by atoms with Crippen molar-refractivity contribution in [3.63, 3.8) is 0 Å². The van der Waals surface area contributed by atoms with Gasteiger partial charge >= 0.3 is 0 Å². The molecule has 0 aliphatic heterocycles. The van der Waals surface area contributed by atoms with E-state index >= 15 is 0 Å². The van der Waals surface area contributed by atoms with Crippen molar-refractivity contribution in [3.8, 4) is 17.3 Å². The topological polar surface area (TPSA) is 99.9 Å². The Morgan fingerprint density at radius 2 is 1.94 bits per heavy atom. The van der Waals surface area contributed by atoms with E-state index in [1.54, 1.807) is 31.0 Å². The zero-order chi connectivity index (χ0) is 22.7. The molecule has 0 atom stereocenters. The summed E-state index contributed by atoms with van der Waals surface area (Å²) in [4.78, 5) is 25.7. The third-order valence-corrected chi connectivity index (χ3v) is 6.02. The Kier molecular flexibility index (Phi) is 6.31. The van der Waals surface area contributed by atoms with Crippen LogP contribution >= 0.6 is 11.8 Å². The number of amides is 1. The number of benzene rings is 1. The molecule has 3 heterocycles. The molecule has 0 aliphatic carbocycles. The summed E-state index contributed by atoms with van der Waals surface area (Å²) in [6, 6.07) is 12.9. The lowest BCUT2D eigenvalue weighted by Gasteiger charge is -2.08. The van der Waals surface area contributed by atoms with Crippen LogP contribution in [0.5, 0.6) is 0 Å². The van der Waals surface area contributed by atoms with Crippen LogP contribution in [-0.4, -0.2) is 35.8 Å². The number of furan rings is 1. The smallest absolute Gasteiger partial charge is 0.295 e. The highest BCUT2D eigenvalue weighted by atomic mass is 32.2. The molecule has 4 aromatic rings. The summed E-state index contributed by atoms with van der Waals surface area (Å²) in [5, 5.41) is 11.9. The number of anilines is 1. The van der Waals surface area contributed by atoms with Gasteiger partial charge < -0.3 is 9.73 Å². The van der Waals surface area contributed by atoms with Crippen LogP contribution in [0.3, 0.4) is 0 Å². The van der Waals surface area contributed by atoms with Crippen molar-refractivity contribution in [1.29, 1.82) is 0 Å². The minimum Gasteiger partial charge on any atom is -0.461 e. The second-order valence-corrected chi connectivity index (χ2v) is 8.15. The van der Waals surface area contributed by atoms with E-state index in [0.29, 0.717) is 29.0 Å². The number of carbonyl (C=O) groups excluding carboxylic acids is 1. The molecule has 1 N–H and O–H groups in total. The van der Waals surface area contributed by atoms with Crippen molar-refractivity contribution in [2.45, 2.75) is 32.0 Å². The molecule has 4 rings (SSSR count). The lowest BCUT2D eigenvalue weighted by Crippen LogP contribution is -2.23. The normalized spacial score (nSPS) is 11.1. The summed E-state index contributed by atoms with van der Waals surface area (Å²) < 4.78 is 10.7. The molecule has 0 aliphatic rings. The molecule has 166 valence electrons. The Balaban J connectivity index is 1.51. The Morgan fingerprint density at radius 1 is 1.16 bits per heavy atom. The van der Waals surface area contributed by atoms with E-state index in [1.807, 2.05) is 41.0 Å². The Labute approximate surface area is 189 Å². The molecule has 0 spiro atoms. The molecule has 1 amide bonds. The molecule has 0 bridgehead atoms. The van der Waals surface area contributed by atoms with Crippen LogP contribution in [0.4, 0.5) is 5.69 Å². The Morgan fingerprint density at radius 3 is 2.62 bits per heavy atom. The van der Waals surface area contributed by atoms with E-state index in [2.05, 4.69) is 22.4 Å². The number of aromatic nitrogens is 5. The Hall–Kier alpha value is -3.53. The van der Waals surface area contributed by atoms with Gasteiger partial charge in [-0.05, 0) is 37.6 Å². The molecule has 32 heavy (non-hydrogen) atoms. The van der Waals surface area contributed by atoms with Crippen LogP contribution in [-0.2, 0) is 18.4 Å². The van der Waals surface area contributed by atoms with E-state index in [0.717, 1.165) is 12.1 Å². The van der Waals surface area contributed by atoms with Gasteiger partial charge in [-0.25, -0.2) is 4.68 Å². The van der Waals surface area contributed by atoms with Gasteiger partial charge in [-0.1, -0.05) is 36.9 Å². The highest BCUT2D eigenvalue weighted by Gasteiger charge is 2.20. The molecule has 9 nitrogen and oxygen atoms in total. The van der Waals surface area contributed by atoms with Gasteiger partial charge in [0.1, 0.15) is 5.69 Å². The average Bonchev–Trinajstić information content (AvgIpc) is 3.50. The van der Waals surface area contributed by atoms with Gasteiger partial charge in [-0.3, -0.25) is 18.8 Å². The van der Waals surface area contributed by atoms with E-state index in [1.165, 1.54) is 16.4 Å². The predicted molar refractivity (Wildman–Crippen MR) is 123 cm³/mol. The highest BCUT2D eigenvalue weighted by Crippen LogP contribution is 2.25. The molecule has 0 radical (unpaired) electrons. The minimum absolute atomic E-state index is 0.0963. The van der Waals surface area contributed by atoms with E-state index in [9.17, 15) is 9.59 Å². The van der Waals surface area contributed by atoms with Gasteiger partial charge in [-0.15, -0.1) is 10.2 Å². The first-order chi connectivity index (χ1) is 15.5. The minimum atomic E-state index is -0.286. The summed E-state index contributed by atoms with van der Waals surface area (Å²) in [5.41, 5.74) is 1.40. The fourth-order valence-electron chi connectivity index (χ4n) is 3.43. The molecule has 0 fully saturated rings. The maximum Gasteiger partial charge on any atom is 0.295 e. The second kappa shape index (κ2) is 9.31. The van der Waals surface area contributed by atoms with Crippen LogP contribution in [0.2, 0.25) is 0 Å². The zero-order valence-corrected chi connectivity index (χ0v) is 18.9. The van der Waals surface area contributed by atoms with Crippen molar-refractivity contribution in [2.75, 3.05) is 11.1 Å². The standard InChI is InChI=1S/C22H24N6O3S/c1-4-12-27-20(17-11-8-13-31-17)24-25-22(27)32-14-18(29)23-19-15(2)26(3)28(21(19)30)16-9-6-5-7-10-16/h5-11,13H,4,12,14H2,1-3H3,(H,23,29). The average molecular weight is 453 g/mol. The molecule has 1 aromatic carbocycles. The van der Waals surface area contributed by atoms with Gasteiger partial charge in [0.15, 0.2) is 16.7 Å². The zero-order valence-electron chi connectivity index (χ0n) is 18.1. The van der Waals surface area contributed by atoms with Crippen LogP contribution in [0.15, 0.2) is 63.1 Å². The highest BCUT2D eigenvalue weighted by molar-refractivity contribution is 7.99. The maximum atomic E-state index is 13.0. The first-order valence-corrected chi connectivity index (χ1v) is 11.2. The van der Waals surface area contributed by atoms with Crippen LogP contribution in [0, 0.1) is 6.92 Å². The third kappa shape index (κ3) is 4.13. The number of hydrogen-bond donors (Lipinski definition) is 1. The lowest BCUT2D eigenvalue weighted by atomic mass is 10.3. The van der Waals surface area contributed by atoms with Crippen molar-refractivity contribution in [3.05, 3.63) is 64.8 Å². The van der Waals surface area contributed by atoms with Gasteiger partial charge in [-0.2, -0.15) is 0 Å². The molecular weight excluding hydrogens is 428 g/mol. The summed E-state index contributed by atoms with van der Waals surface area (Å²) in [5.74, 6) is 1.07. The molecule has 3 aromatic heterocycles. The van der Waals surface area contributed by atoms with E-state index in [-0.39, 0.29) is 22.9 Å². The molecule has 0 saturated heterocycles. The van der Waals surface area contributed by atoms with Crippen LogP contribution in [0.1, 0.15) is 19.0 Å². The van der Waals surface area contributed by atoms with Crippen molar-refractivity contribution < 1.29 is 9.21 Å². The summed E-state index contributed by atoms with van der Waals surface area (Å²) in [6.45, 7) is 4.56. The number of nitrogens with one attached hydrogen (secondary N) is 1. The van der Waals surface area contributed by atoms with E-state index in [4.69, 9.17) is 4.42 Å². The van der Waals surface area contributed by atoms with E-state index < -0.39 is 0 Å². The SMILES string of the molecule is CCCn1c(SCC(=O)Nc2c(C)n(C)n(-c3ccccc3)c2=O)nnc1-c1ccco1. The van der Waals surface area contributed by atoms with Crippen molar-refractivity contribution in [1.82, 2.24) is 24.1 Å². The number of nitrogens with zero attached hydrogens (tertiary/aromatic N) is 5. The molecule has 0 saturated carbocycles. The fourth-order valence-corrected chi connectivity index (χ4v) is 4.19. The number of thioether (sulfide) groups is 1. The molecule has 10 heteroatoms. The Bertz CT molecular complexity index is 1270. The number of para-hydroxylation sites is 1. The van der Waals surface area contributed by atoms with Crippen molar-refractivity contribution in [2.24, 2.45) is 7.05 Å². The predicted octanol–water partition coefficient (Wildman–Crippen LogP) is 3.48. The summed E-state index contributed by atoms with van der Waals surface area (Å²) in [6.07, 6.45) is 2.47. The van der Waals surface area contributed by atoms with Gasteiger partial charge in [0.05, 0.1) is 23.4 Å². The largest absolute Gasteiger partial charge is 0.461 e. The number of hydrogen-bond acceptors (Lipinski definition) is 6. The van der Waals surface area contributed by atoms with Crippen molar-refractivity contribution >= 4 is 23.4 Å². The summed E-state index contributed by atoms with van der Waals surface area (Å²) >= 11 is 1.27. The maximum absolute atomic E-state index is 13.0. The summed E-state index contributed by atoms with van der Waals surface area (Å²) in [7, 11) is 1.79. The molecule has 0 unspecified atom stereocenters.